The number of fused-ring (bicyclic) bond motifs is 2. The molecule has 0 aromatic heterocycles. The summed E-state index contributed by atoms with van der Waals surface area (Å²) in [6.07, 6.45) is 5.39. The predicted octanol–water partition coefficient (Wildman–Crippen LogP) is 3.58. The topological polar surface area (TPSA) is 20.3 Å². The third-order valence-electron chi connectivity index (χ3n) is 5.18. The second kappa shape index (κ2) is 5.28. The molecule has 108 valence electrons. The summed E-state index contributed by atoms with van der Waals surface area (Å²) in [5.41, 5.74) is 1.08. The molecule has 0 aliphatic carbocycles. The quantitative estimate of drug-likeness (QED) is 0.769. The highest BCUT2D eigenvalue weighted by atomic mass is 19.1. The number of Topliss-reactive ketones (excluding diaryl/α,β-unsaturated/α-hetero) is 1. The molecule has 2 heterocycles. The molecular formula is C17H22FNO. The van der Waals surface area contributed by atoms with Gasteiger partial charge in [-0.15, -0.1) is 0 Å². The number of ketones is 1. The molecule has 20 heavy (non-hydrogen) atoms. The van der Waals surface area contributed by atoms with Gasteiger partial charge in [-0.25, -0.2) is 4.39 Å². The Bertz CT molecular complexity index is 493. The highest BCUT2D eigenvalue weighted by Crippen LogP contribution is 2.37. The Balaban J connectivity index is 1.85. The minimum absolute atomic E-state index is 0.00269. The lowest BCUT2D eigenvalue weighted by atomic mass is 9.75. The zero-order chi connectivity index (χ0) is 14.3. The van der Waals surface area contributed by atoms with E-state index in [4.69, 9.17) is 0 Å². The second-order valence-corrected chi connectivity index (χ2v) is 6.37. The molecule has 0 spiro atoms. The molecule has 1 aromatic carbocycles. The average Bonchev–Trinajstić information content (AvgIpc) is 2.37. The lowest BCUT2D eigenvalue weighted by Gasteiger charge is -2.46. The van der Waals surface area contributed by atoms with Gasteiger partial charge in [0.25, 0.3) is 0 Å². The van der Waals surface area contributed by atoms with Crippen molar-refractivity contribution in [2.24, 2.45) is 5.92 Å². The molecule has 2 atom stereocenters. The molecule has 2 saturated heterocycles. The lowest BCUT2D eigenvalue weighted by Crippen LogP contribution is -2.51. The van der Waals surface area contributed by atoms with Crippen LogP contribution in [0, 0.1) is 18.7 Å². The summed E-state index contributed by atoms with van der Waals surface area (Å²) in [5, 5.41) is 0. The van der Waals surface area contributed by atoms with Gasteiger partial charge in [-0.2, -0.15) is 0 Å². The summed E-state index contributed by atoms with van der Waals surface area (Å²) < 4.78 is 14.0. The molecule has 2 aliphatic rings. The van der Waals surface area contributed by atoms with Gasteiger partial charge in [0.2, 0.25) is 0 Å². The fourth-order valence-electron chi connectivity index (χ4n) is 3.98. The molecule has 3 rings (SSSR count). The first-order valence-corrected chi connectivity index (χ1v) is 7.59. The van der Waals surface area contributed by atoms with Crippen LogP contribution >= 0.6 is 0 Å². The van der Waals surface area contributed by atoms with Crippen LogP contribution in [-0.2, 0) is 0 Å². The molecule has 0 saturated carbocycles. The maximum absolute atomic E-state index is 14.0. The molecule has 2 nitrogen and oxygen atoms in total. The van der Waals surface area contributed by atoms with Crippen molar-refractivity contribution in [2.75, 3.05) is 7.05 Å². The number of hydrogen-bond donors (Lipinski definition) is 0. The fraction of sp³-hybridized carbons (Fsp3) is 0.588. The normalized spacial score (nSPS) is 30.2. The standard InChI is InChI=1S/C17H22FNO/c1-11-5-3-8-15(18)16(11)17(20)12-9-13-6-4-7-14(10-12)19(13)2/h3,5,8,12-14H,4,6-7,9-10H2,1-2H3. The Labute approximate surface area is 120 Å². The van der Waals surface area contributed by atoms with Crippen molar-refractivity contribution in [3.8, 4) is 0 Å². The molecule has 2 unspecified atom stereocenters. The zero-order valence-electron chi connectivity index (χ0n) is 12.2. The zero-order valence-corrected chi connectivity index (χ0v) is 12.2. The van der Waals surface area contributed by atoms with Crippen LogP contribution in [0.2, 0.25) is 0 Å². The van der Waals surface area contributed by atoms with Crippen molar-refractivity contribution in [2.45, 2.75) is 51.1 Å². The molecule has 0 radical (unpaired) electrons. The first-order valence-electron chi connectivity index (χ1n) is 7.59. The number of rotatable bonds is 2. The largest absolute Gasteiger partial charge is 0.300 e. The number of aryl methyl sites for hydroxylation is 1. The average molecular weight is 275 g/mol. The molecule has 3 heteroatoms. The molecule has 0 amide bonds. The summed E-state index contributed by atoms with van der Waals surface area (Å²) in [6, 6.07) is 5.90. The van der Waals surface area contributed by atoms with Crippen LogP contribution in [0.4, 0.5) is 4.39 Å². The summed E-state index contributed by atoms with van der Waals surface area (Å²) in [7, 11) is 2.17. The number of benzene rings is 1. The van der Waals surface area contributed by atoms with Crippen LogP contribution < -0.4 is 0 Å². The minimum atomic E-state index is -0.362. The van der Waals surface area contributed by atoms with Crippen LogP contribution in [0.25, 0.3) is 0 Å². The molecule has 2 bridgehead atoms. The van der Waals surface area contributed by atoms with Gasteiger partial charge in [0.1, 0.15) is 5.82 Å². The van der Waals surface area contributed by atoms with E-state index in [1.807, 2.05) is 13.0 Å². The SMILES string of the molecule is Cc1cccc(F)c1C(=O)C1CC2CCCC(C1)N2C. The smallest absolute Gasteiger partial charge is 0.169 e. The minimum Gasteiger partial charge on any atom is -0.300 e. The Morgan fingerprint density at radius 1 is 1.25 bits per heavy atom. The van der Waals surface area contributed by atoms with Gasteiger partial charge in [0.15, 0.2) is 5.78 Å². The van der Waals surface area contributed by atoms with Gasteiger partial charge < -0.3 is 4.90 Å². The fourth-order valence-corrected chi connectivity index (χ4v) is 3.98. The molecular weight excluding hydrogens is 253 g/mol. The van der Waals surface area contributed by atoms with Crippen molar-refractivity contribution < 1.29 is 9.18 Å². The van der Waals surface area contributed by atoms with E-state index in [1.165, 1.54) is 25.3 Å². The first-order chi connectivity index (χ1) is 9.58. The molecule has 2 aliphatic heterocycles. The highest BCUT2D eigenvalue weighted by molar-refractivity contribution is 5.99. The monoisotopic (exact) mass is 275 g/mol. The predicted molar refractivity (Wildman–Crippen MR) is 77.4 cm³/mol. The summed E-state index contributed by atoms with van der Waals surface area (Å²) in [6.45, 7) is 1.83. The van der Waals surface area contributed by atoms with Crippen molar-refractivity contribution in [1.82, 2.24) is 4.90 Å². The van der Waals surface area contributed by atoms with Crippen LogP contribution in [0.15, 0.2) is 18.2 Å². The highest BCUT2D eigenvalue weighted by Gasteiger charge is 2.39. The number of halogens is 1. The van der Waals surface area contributed by atoms with E-state index in [2.05, 4.69) is 11.9 Å². The number of nitrogens with zero attached hydrogens (tertiary/aromatic N) is 1. The van der Waals surface area contributed by atoms with Crippen molar-refractivity contribution in [3.63, 3.8) is 0 Å². The number of carbonyl (C=O) groups excluding carboxylic acids is 1. The summed E-state index contributed by atoms with van der Waals surface area (Å²) >= 11 is 0. The van der Waals surface area contributed by atoms with Crippen LogP contribution in [0.3, 0.4) is 0 Å². The Kier molecular flexibility index (Phi) is 3.63. The van der Waals surface area contributed by atoms with Crippen LogP contribution in [0.5, 0.6) is 0 Å². The van der Waals surface area contributed by atoms with E-state index in [9.17, 15) is 9.18 Å². The third-order valence-corrected chi connectivity index (χ3v) is 5.18. The van der Waals surface area contributed by atoms with E-state index in [-0.39, 0.29) is 17.5 Å². The van der Waals surface area contributed by atoms with Crippen LogP contribution in [-0.4, -0.2) is 29.8 Å². The van der Waals surface area contributed by atoms with Gasteiger partial charge in [-0.1, -0.05) is 18.6 Å². The maximum Gasteiger partial charge on any atom is 0.169 e. The third kappa shape index (κ3) is 2.28. The van der Waals surface area contributed by atoms with Gasteiger partial charge in [-0.3, -0.25) is 4.79 Å². The lowest BCUT2D eigenvalue weighted by molar-refractivity contribution is 0.0336. The maximum atomic E-state index is 14.0. The Morgan fingerprint density at radius 2 is 1.90 bits per heavy atom. The van der Waals surface area contributed by atoms with Gasteiger partial charge >= 0.3 is 0 Å². The second-order valence-electron chi connectivity index (χ2n) is 6.37. The van der Waals surface area contributed by atoms with Crippen LogP contribution in [0.1, 0.15) is 48.0 Å². The molecule has 2 fully saturated rings. The van der Waals surface area contributed by atoms with E-state index in [1.54, 1.807) is 6.07 Å². The van der Waals surface area contributed by atoms with Gasteiger partial charge in [0, 0.05) is 18.0 Å². The van der Waals surface area contributed by atoms with Crippen molar-refractivity contribution in [3.05, 3.63) is 35.1 Å². The Morgan fingerprint density at radius 3 is 2.50 bits per heavy atom. The van der Waals surface area contributed by atoms with Gasteiger partial charge in [0.05, 0.1) is 5.56 Å². The summed E-state index contributed by atoms with van der Waals surface area (Å²) in [4.78, 5) is 15.2. The number of hydrogen-bond acceptors (Lipinski definition) is 2. The Hall–Kier alpha value is -1.22. The molecule has 0 N–H and O–H groups in total. The number of piperidine rings is 2. The van der Waals surface area contributed by atoms with E-state index >= 15 is 0 Å². The van der Waals surface area contributed by atoms with Crippen molar-refractivity contribution in [1.29, 1.82) is 0 Å². The van der Waals surface area contributed by atoms with E-state index < -0.39 is 0 Å². The molecule has 1 aromatic rings. The van der Waals surface area contributed by atoms with E-state index in [0.29, 0.717) is 17.6 Å². The first kappa shape index (κ1) is 13.7. The van der Waals surface area contributed by atoms with Gasteiger partial charge in [-0.05, 0) is 51.3 Å². The number of carbonyl (C=O) groups is 1. The van der Waals surface area contributed by atoms with Crippen molar-refractivity contribution >= 4 is 5.78 Å². The van der Waals surface area contributed by atoms with E-state index in [0.717, 1.165) is 18.4 Å². The summed E-state index contributed by atoms with van der Waals surface area (Å²) in [5.74, 6) is -0.346.